The predicted octanol–water partition coefficient (Wildman–Crippen LogP) is 5.27. The molecular formula is C30H39N5O3. The van der Waals surface area contributed by atoms with Crippen molar-refractivity contribution < 1.29 is 14.1 Å². The van der Waals surface area contributed by atoms with Crippen LogP contribution >= 0.6 is 0 Å². The molecule has 0 radical (unpaired) electrons. The summed E-state index contributed by atoms with van der Waals surface area (Å²) in [5.74, 6) is 1.18. The Morgan fingerprint density at radius 3 is 2.39 bits per heavy atom. The first-order chi connectivity index (χ1) is 18.1. The number of carbonyl (C=O) groups excluding carboxylic acids is 2. The molecule has 8 heteroatoms. The van der Waals surface area contributed by atoms with Crippen molar-refractivity contribution in [2.75, 3.05) is 25.0 Å². The van der Waals surface area contributed by atoms with E-state index in [1.54, 1.807) is 12.1 Å². The number of hydrogen-bond donors (Lipinski definition) is 2. The van der Waals surface area contributed by atoms with Crippen LogP contribution in [-0.4, -0.2) is 46.5 Å². The molecule has 0 saturated carbocycles. The summed E-state index contributed by atoms with van der Waals surface area (Å²) in [5.41, 5.74) is 3.32. The number of carbonyl (C=O) groups is 2. The second kappa shape index (κ2) is 11.9. The van der Waals surface area contributed by atoms with Gasteiger partial charge in [0.05, 0.1) is 17.8 Å². The monoisotopic (exact) mass is 517 g/mol. The molecule has 3 aromatic rings. The lowest BCUT2D eigenvalue weighted by molar-refractivity contribution is -0.121. The maximum atomic E-state index is 13.0. The number of piperidine rings is 1. The number of nitrogens with zero attached hydrogens (tertiary/aromatic N) is 3. The van der Waals surface area contributed by atoms with Gasteiger partial charge in [-0.1, -0.05) is 76.2 Å². The molecular weight excluding hydrogens is 478 g/mol. The zero-order valence-corrected chi connectivity index (χ0v) is 23.1. The van der Waals surface area contributed by atoms with Crippen LogP contribution < -0.4 is 10.6 Å². The number of aromatic nitrogens is 2. The van der Waals surface area contributed by atoms with Gasteiger partial charge >= 0.3 is 0 Å². The number of nitrogens with one attached hydrogen (secondary N) is 2. The van der Waals surface area contributed by atoms with Crippen LogP contribution in [0.2, 0.25) is 0 Å². The third-order valence-corrected chi connectivity index (χ3v) is 6.89. The number of likely N-dealkylation sites (tertiary alicyclic amines) is 1. The molecule has 0 spiro atoms. The highest BCUT2D eigenvalue weighted by molar-refractivity contribution is 6.04. The lowest BCUT2D eigenvalue weighted by Crippen LogP contribution is -2.38. The lowest BCUT2D eigenvalue weighted by Gasteiger charge is -2.30. The van der Waals surface area contributed by atoms with Gasteiger partial charge in [0.1, 0.15) is 0 Å². The molecule has 2 aromatic carbocycles. The van der Waals surface area contributed by atoms with Gasteiger partial charge in [0, 0.05) is 18.0 Å². The van der Waals surface area contributed by atoms with Gasteiger partial charge in [-0.05, 0) is 55.0 Å². The minimum absolute atomic E-state index is 0.0486. The van der Waals surface area contributed by atoms with E-state index in [-0.39, 0.29) is 23.1 Å². The highest BCUT2D eigenvalue weighted by Gasteiger charge is 2.27. The van der Waals surface area contributed by atoms with Crippen LogP contribution in [0.1, 0.15) is 69.3 Å². The number of hydrogen-bond acceptors (Lipinski definition) is 6. The van der Waals surface area contributed by atoms with Crippen molar-refractivity contribution in [1.29, 1.82) is 0 Å². The Hall–Kier alpha value is -3.52. The fraction of sp³-hybridized carbons (Fsp3) is 0.467. The highest BCUT2D eigenvalue weighted by Crippen LogP contribution is 2.26. The second-order valence-corrected chi connectivity index (χ2v) is 11.5. The fourth-order valence-electron chi connectivity index (χ4n) is 4.52. The molecule has 8 nitrogen and oxygen atoms in total. The van der Waals surface area contributed by atoms with Gasteiger partial charge in [0.25, 0.3) is 5.91 Å². The van der Waals surface area contributed by atoms with E-state index < -0.39 is 0 Å². The molecule has 2 N–H and O–H groups in total. The minimum atomic E-state index is -0.173. The number of amides is 2. The van der Waals surface area contributed by atoms with Crippen molar-refractivity contribution in [3.05, 3.63) is 65.5 Å². The molecule has 0 bridgehead atoms. The fourth-order valence-corrected chi connectivity index (χ4v) is 4.52. The molecule has 38 heavy (non-hydrogen) atoms. The van der Waals surface area contributed by atoms with Crippen LogP contribution in [0.5, 0.6) is 0 Å². The second-order valence-electron chi connectivity index (χ2n) is 11.5. The van der Waals surface area contributed by atoms with Crippen molar-refractivity contribution in [2.24, 2.45) is 11.8 Å². The first kappa shape index (κ1) is 27.5. The normalized spacial score (nSPS) is 15.0. The first-order valence-electron chi connectivity index (χ1n) is 13.4. The summed E-state index contributed by atoms with van der Waals surface area (Å²) in [6.45, 7) is 13.3. The molecule has 1 aromatic heterocycles. The van der Waals surface area contributed by atoms with E-state index in [0.717, 1.165) is 31.5 Å². The number of para-hydroxylation sites is 1. The van der Waals surface area contributed by atoms with Crippen LogP contribution in [0.25, 0.3) is 11.4 Å². The number of anilines is 1. The molecule has 1 aliphatic rings. The summed E-state index contributed by atoms with van der Waals surface area (Å²) in [5, 5.41) is 10.1. The zero-order chi connectivity index (χ0) is 27.3. The van der Waals surface area contributed by atoms with E-state index >= 15 is 0 Å². The summed E-state index contributed by atoms with van der Waals surface area (Å²) in [6.07, 6.45) is 1.45. The Labute approximate surface area is 225 Å². The van der Waals surface area contributed by atoms with Crippen molar-refractivity contribution in [1.82, 2.24) is 20.4 Å². The summed E-state index contributed by atoms with van der Waals surface area (Å²) in [6, 6.07) is 15.4. The first-order valence-corrected chi connectivity index (χ1v) is 13.4. The highest BCUT2D eigenvalue weighted by atomic mass is 16.5. The SMILES string of the molecule is CC(C)CNC(=O)c1ccccc1NC(=O)C1CCN(Cc2nc(-c3ccc(C(C)(C)C)cc3)no2)CC1. The van der Waals surface area contributed by atoms with Gasteiger partial charge in [0.2, 0.25) is 17.6 Å². The van der Waals surface area contributed by atoms with E-state index in [1.165, 1.54) is 5.56 Å². The maximum Gasteiger partial charge on any atom is 0.253 e. The Balaban J connectivity index is 1.29. The van der Waals surface area contributed by atoms with Crippen LogP contribution in [0.15, 0.2) is 53.1 Å². The third kappa shape index (κ3) is 7.07. The van der Waals surface area contributed by atoms with Crippen molar-refractivity contribution in [2.45, 2.75) is 59.4 Å². The quantitative estimate of drug-likeness (QED) is 0.422. The standard InChI is InChI=1S/C30H39N5O3/c1-20(2)18-31-29(37)24-8-6-7-9-25(24)32-28(36)22-14-16-35(17-15-22)19-26-33-27(34-38-26)21-10-12-23(13-11-21)30(3,4)5/h6-13,20,22H,14-19H2,1-5H3,(H,31,37)(H,32,36). The Morgan fingerprint density at radius 1 is 1.05 bits per heavy atom. The van der Waals surface area contributed by atoms with Gasteiger partial charge < -0.3 is 15.2 Å². The van der Waals surface area contributed by atoms with Gasteiger partial charge in [-0.15, -0.1) is 0 Å². The molecule has 0 aliphatic carbocycles. The molecule has 0 unspecified atom stereocenters. The number of benzene rings is 2. The zero-order valence-electron chi connectivity index (χ0n) is 23.1. The molecule has 1 saturated heterocycles. The molecule has 4 rings (SSSR count). The lowest BCUT2D eigenvalue weighted by atomic mass is 9.87. The Kier molecular flexibility index (Phi) is 8.62. The largest absolute Gasteiger partial charge is 0.352 e. The van der Waals surface area contributed by atoms with Gasteiger partial charge in [0.15, 0.2) is 0 Å². The van der Waals surface area contributed by atoms with E-state index in [2.05, 4.69) is 58.6 Å². The molecule has 1 fully saturated rings. The van der Waals surface area contributed by atoms with Gasteiger partial charge in [-0.2, -0.15) is 4.98 Å². The summed E-state index contributed by atoms with van der Waals surface area (Å²) >= 11 is 0. The summed E-state index contributed by atoms with van der Waals surface area (Å²) in [4.78, 5) is 32.4. The van der Waals surface area contributed by atoms with Crippen molar-refractivity contribution >= 4 is 17.5 Å². The van der Waals surface area contributed by atoms with E-state index in [4.69, 9.17) is 4.52 Å². The van der Waals surface area contributed by atoms with Gasteiger partial charge in [-0.3, -0.25) is 14.5 Å². The van der Waals surface area contributed by atoms with Crippen molar-refractivity contribution in [3.63, 3.8) is 0 Å². The average molecular weight is 518 g/mol. The molecule has 2 amide bonds. The van der Waals surface area contributed by atoms with Crippen LogP contribution in [0.4, 0.5) is 5.69 Å². The molecule has 0 atom stereocenters. The van der Waals surface area contributed by atoms with Crippen LogP contribution in [0.3, 0.4) is 0 Å². The van der Waals surface area contributed by atoms with E-state index in [9.17, 15) is 9.59 Å². The molecule has 2 heterocycles. The topological polar surface area (TPSA) is 100 Å². The maximum absolute atomic E-state index is 13.0. The Bertz CT molecular complexity index is 1240. The smallest absolute Gasteiger partial charge is 0.253 e. The molecule has 202 valence electrons. The average Bonchev–Trinajstić information content (AvgIpc) is 3.36. The van der Waals surface area contributed by atoms with E-state index in [1.807, 2.05) is 38.1 Å². The summed E-state index contributed by atoms with van der Waals surface area (Å²) in [7, 11) is 0. The number of rotatable bonds is 8. The minimum Gasteiger partial charge on any atom is -0.352 e. The van der Waals surface area contributed by atoms with Crippen LogP contribution in [0, 0.1) is 11.8 Å². The molecule has 1 aliphatic heterocycles. The summed E-state index contributed by atoms with van der Waals surface area (Å²) < 4.78 is 5.52. The Morgan fingerprint density at radius 2 is 1.74 bits per heavy atom. The third-order valence-electron chi connectivity index (χ3n) is 6.89. The van der Waals surface area contributed by atoms with Crippen molar-refractivity contribution in [3.8, 4) is 11.4 Å². The van der Waals surface area contributed by atoms with Gasteiger partial charge in [-0.25, -0.2) is 0 Å². The predicted molar refractivity (Wildman–Crippen MR) is 149 cm³/mol. The van der Waals surface area contributed by atoms with Crippen LogP contribution in [-0.2, 0) is 16.8 Å². The van der Waals surface area contributed by atoms with E-state index in [0.29, 0.717) is 42.0 Å².